The van der Waals surface area contributed by atoms with Gasteiger partial charge in [0.05, 0.1) is 16.4 Å². The molecule has 11 heteroatoms. The zero-order chi connectivity index (χ0) is 33.3. The van der Waals surface area contributed by atoms with Crippen molar-refractivity contribution < 1.29 is 14.7 Å². The van der Waals surface area contributed by atoms with Gasteiger partial charge in [-0.3, -0.25) is 14.8 Å². The Kier molecular flexibility index (Phi) is 7.06. The number of benzene rings is 2. The predicted octanol–water partition coefficient (Wildman–Crippen LogP) is 7.16. The molecular weight excluding hydrogens is 635 g/mol. The van der Waals surface area contributed by atoms with Crippen molar-refractivity contribution in [1.29, 1.82) is 5.26 Å². The molecule has 0 atom stereocenters. The minimum atomic E-state index is -1.16. The summed E-state index contributed by atoms with van der Waals surface area (Å²) in [6, 6.07) is 19.4. The number of nitrogens with zero attached hydrogens (tertiary/aromatic N) is 6. The molecule has 246 valence electrons. The molecule has 10 nitrogen and oxygen atoms in total. The summed E-state index contributed by atoms with van der Waals surface area (Å²) >= 11 is 1.43. The van der Waals surface area contributed by atoms with Crippen LogP contribution in [0.2, 0.25) is 0 Å². The summed E-state index contributed by atoms with van der Waals surface area (Å²) in [4.78, 5) is 37.4. The Bertz CT molecular complexity index is 2130. The summed E-state index contributed by atoms with van der Waals surface area (Å²) < 4.78 is 2.82. The Morgan fingerprint density at radius 1 is 0.980 bits per heavy atom. The molecule has 5 aliphatic rings. The molecular formula is C38H35N7O3S. The standard InChI is InChI=1S/C38H35N7O3S/c39-18-31-28(19-40-45(31)21-38-15-22-12-23(16-38)14-24(13-22)17-38)26-8-9-33(42-34(26)36(47)48)44-11-10-25-4-3-5-27(29(25)20-44)35(46)43-37-41-30-6-1-2-7-32(30)49-37/h1-9,19,22-24H,10-17,20-21H2,(H,47,48)(H,41,43,46). The first-order valence-electron chi connectivity index (χ1n) is 17.1. The highest BCUT2D eigenvalue weighted by atomic mass is 32.1. The molecule has 1 amide bonds. The molecule has 0 unspecified atom stereocenters. The van der Waals surface area contributed by atoms with Crippen LogP contribution < -0.4 is 10.2 Å². The number of anilines is 2. The Hall–Kier alpha value is -5.08. The van der Waals surface area contributed by atoms with Crippen molar-refractivity contribution in [3.63, 3.8) is 0 Å². The van der Waals surface area contributed by atoms with Gasteiger partial charge in [0.2, 0.25) is 0 Å². The number of pyridine rings is 1. The number of thiazole rings is 1. The van der Waals surface area contributed by atoms with Crippen LogP contribution in [-0.2, 0) is 19.5 Å². The van der Waals surface area contributed by atoms with Crippen LogP contribution in [0.3, 0.4) is 0 Å². The summed E-state index contributed by atoms with van der Waals surface area (Å²) in [5, 5.41) is 28.9. The van der Waals surface area contributed by atoms with Gasteiger partial charge in [-0.25, -0.2) is 14.8 Å². The van der Waals surface area contributed by atoms with E-state index < -0.39 is 5.97 Å². The second-order valence-corrected chi connectivity index (χ2v) is 15.6. The molecule has 0 spiro atoms. The third-order valence-corrected chi connectivity index (χ3v) is 12.3. The number of carbonyl (C=O) groups excluding carboxylic acids is 1. The average molecular weight is 670 g/mol. The Labute approximate surface area is 287 Å². The van der Waals surface area contributed by atoms with Crippen molar-refractivity contribution in [3.05, 3.63) is 88.9 Å². The first-order chi connectivity index (χ1) is 23.8. The number of carboxylic acid groups (broad SMARTS) is 1. The van der Waals surface area contributed by atoms with Crippen LogP contribution in [0, 0.1) is 34.5 Å². The summed E-state index contributed by atoms with van der Waals surface area (Å²) in [6.07, 6.45) is 9.93. The quantitative estimate of drug-likeness (QED) is 0.186. The number of nitrogens with one attached hydrogen (secondary N) is 1. The molecule has 49 heavy (non-hydrogen) atoms. The lowest BCUT2D eigenvalue weighted by Crippen LogP contribution is -2.48. The van der Waals surface area contributed by atoms with Gasteiger partial charge >= 0.3 is 5.97 Å². The summed E-state index contributed by atoms with van der Waals surface area (Å²) in [7, 11) is 0. The molecule has 0 saturated heterocycles. The van der Waals surface area contributed by atoms with Crippen LogP contribution >= 0.6 is 11.3 Å². The van der Waals surface area contributed by atoms with E-state index in [1.54, 1.807) is 12.3 Å². The predicted molar refractivity (Wildman–Crippen MR) is 187 cm³/mol. The zero-order valence-electron chi connectivity index (χ0n) is 26.9. The van der Waals surface area contributed by atoms with E-state index in [2.05, 4.69) is 26.5 Å². The number of para-hydroxylation sites is 1. The van der Waals surface area contributed by atoms with Crippen molar-refractivity contribution in [2.45, 2.75) is 58.0 Å². The van der Waals surface area contributed by atoms with E-state index >= 15 is 0 Å². The van der Waals surface area contributed by atoms with E-state index in [4.69, 9.17) is 0 Å². The molecule has 2 aromatic carbocycles. The zero-order valence-corrected chi connectivity index (χ0v) is 27.7. The van der Waals surface area contributed by atoms with E-state index in [0.717, 1.165) is 39.1 Å². The maximum absolute atomic E-state index is 13.5. The molecule has 4 heterocycles. The van der Waals surface area contributed by atoms with Crippen molar-refractivity contribution in [2.24, 2.45) is 23.2 Å². The average Bonchev–Trinajstić information content (AvgIpc) is 3.69. The van der Waals surface area contributed by atoms with Gasteiger partial charge in [-0.15, -0.1) is 0 Å². The van der Waals surface area contributed by atoms with Gasteiger partial charge in [-0.05, 0) is 110 Å². The van der Waals surface area contributed by atoms with E-state index in [1.165, 1.54) is 49.9 Å². The van der Waals surface area contributed by atoms with Gasteiger partial charge in [-0.1, -0.05) is 35.6 Å². The maximum Gasteiger partial charge on any atom is 0.355 e. The number of nitriles is 1. The van der Waals surface area contributed by atoms with Gasteiger partial charge in [0.25, 0.3) is 5.91 Å². The van der Waals surface area contributed by atoms with E-state index in [1.807, 2.05) is 58.1 Å². The van der Waals surface area contributed by atoms with Gasteiger partial charge in [0.15, 0.2) is 10.8 Å². The monoisotopic (exact) mass is 669 g/mol. The first kappa shape index (κ1) is 30.0. The van der Waals surface area contributed by atoms with Crippen molar-refractivity contribution in [2.75, 3.05) is 16.8 Å². The molecule has 2 N–H and O–H groups in total. The number of fused-ring (bicyclic) bond motifs is 2. The normalized spacial score (nSPS) is 23.7. The molecule has 4 saturated carbocycles. The smallest absolute Gasteiger partial charge is 0.355 e. The third-order valence-electron chi connectivity index (χ3n) is 11.3. The summed E-state index contributed by atoms with van der Waals surface area (Å²) in [5.74, 6) is 1.46. The molecule has 4 fully saturated rings. The van der Waals surface area contributed by atoms with Gasteiger partial charge in [-0.2, -0.15) is 10.4 Å². The van der Waals surface area contributed by atoms with E-state index in [0.29, 0.717) is 59.4 Å². The fourth-order valence-electron chi connectivity index (χ4n) is 9.71. The van der Waals surface area contributed by atoms with Crippen LogP contribution in [-0.4, -0.2) is 43.3 Å². The number of aromatic carboxylic acids is 1. The lowest BCUT2D eigenvalue weighted by molar-refractivity contribution is -0.0636. The Morgan fingerprint density at radius 3 is 2.49 bits per heavy atom. The van der Waals surface area contributed by atoms with Crippen LogP contribution in [0.15, 0.2) is 60.8 Å². The molecule has 4 bridgehead atoms. The number of hydrogen-bond donors (Lipinski definition) is 2. The SMILES string of the molecule is N#Cc1c(-c2ccc(N3CCc4cccc(C(=O)Nc5nc6ccccc6s5)c4C3)nc2C(=O)O)cnn1CC12CC3CC(CC(C3)C1)C2. The van der Waals surface area contributed by atoms with Crippen molar-refractivity contribution >= 4 is 44.4 Å². The van der Waals surface area contributed by atoms with Gasteiger partial charge in [0, 0.05) is 36.3 Å². The number of amides is 1. The molecule has 10 rings (SSSR count). The molecule has 0 radical (unpaired) electrons. The number of carbonyl (C=O) groups is 2. The summed E-state index contributed by atoms with van der Waals surface area (Å²) in [6.45, 7) is 1.72. The lowest BCUT2D eigenvalue weighted by Gasteiger charge is -2.56. The number of carboxylic acids is 1. The molecule has 5 aromatic rings. The first-order valence-corrected chi connectivity index (χ1v) is 17.9. The van der Waals surface area contributed by atoms with Crippen molar-refractivity contribution in [3.8, 4) is 17.2 Å². The minimum absolute atomic E-state index is 0.115. The fraction of sp³-hybridized carbons (Fsp3) is 0.368. The second-order valence-electron chi connectivity index (χ2n) is 14.5. The van der Waals surface area contributed by atoms with Gasteiger partial charge in [0.1, 0.15) is 17.6 Å². The van der Waals surface area contributed by atoms with Crippen LogP contribution in [0.4, 0.5) is 10.9 Å². The van der Waals surface area contributed by atoms with Crippen LogP contribution in [0.25, 0.3) is 21.3 Å². The van der Waals surface area contributed by atoms with E-state index in [-0.39, 0.29) is 17.0 Å². The highest BCUT2D eigenvalue weighted by molar-refractivity contribution is 7.22. The third kappa shape index (κ3) is 5.26. The van der Waals surface area contributed by atoms with Crippen molar-refractivity contribution in [1.82, 2.24) is 19.7 Å². The Balaban J connectivity index is 0.985. The van der Waals surface area contributed by atoms with Gasteiger partial charge < -0.3 is 10.0 Å². The fourth-order valence-corrected chi connectivity index (χ4v) is 10.6. The molecule has 1 aliphatic heterocycles. The number of aromatic nitrogens is 4. The summed E-state index contributed by atoms with van der Waals surface area (Å²) in [5.41, 5.74) is 4.70. The Morgan fingerprint density at radius 2 is 1.76 bits per heavy atom. The lowest BCUT2D eigenvalue weighted by atomic mass is 9.49. The van der Waals surface area contributed by atoms with Crippen LogP contribution in [0.5, 0.6) is 0 Å². The largest absolute Gasteiger partial charge is 0.476 e. The molecule has 4 aliphatic carbocycles. The maximum atomic E-state index is 13.5. The van der Waals surface area contributed by atoms with Crippen LogP contribution in [0.1, 0.15) is 76.2 Å². The highest BCUT2D eigenvalue weighted by Gasteiger charge is 2.51. The topological polar surface area (TPSA) is 137 Å². The number of rotatable bonds is 7. The highest BCUT2D eigenvalue weighted by Crippen LogP contribution is 2.60. The van der Waals surface area contributed by atoms with E-state index in [9.17, 15) is 20.0 Å². The minimum Gasteiger partial charge on any atom is -0.476 e. The number of hydrogen-bond acceptors (Lipinski definition) is 8. The molecule has 3 aromatic heterocycles. The second kappa shape index (κ2) is 11.5.